The molecule has 0 aliphatic carbocycles. The predicted molar refractivity (Wildman–Crippen MR) is 143 cm³/mol. The molecule has 0 fully saturated rings. The molecular weight excluding hydrogens is 483 g/mol. The summed E-state index contributed by atoms with van der Waals surface area (Å²) in [7, 11) is 4.07. The van der Waals surface area contributed by atoms with Crippen molar-refractivity contribution in [1.29, 1.82) is 0 Å². The van der Waals surface area contributed by atoms with Crippen molar-refractivity contribution in [3.8, 4) is 0 Å². The van der Waals surface area contributed by atoms with E-state index in [-0.39, 0.29) is 5.02 Å². The van der Waals surface area contributed by atoms with Crippen LogP contribution in [0.4, 0.5) is 20.9 Å². The first-order chi connectivity index (χ1) is 16.9. The average Bonchev–Trinajstić information content (AvgIpc) is 3.28. The monoisotopic (exact) mass is 508 g/mol. The van der Waals surface area contributed by atoms with Gasteiger partial charge in [-0.15, -0.1) is 0 Å². The van der Waals surface area contributed by atoms with Crippen molar-refractivity contribution in [2.75, 3.05) is 24.3 Å². The number of hydrogen-bond donors (Lipinski definition) is 1. The van der Waals surface area contributed by atoms with Gasteiger partial charge in [0.15, 0.2) is 5.82 Å². The molecule has 0 amide bonds. The maximum Gasteiger partial charge on any atom is 0.207 e. The van der Waals surface area contributed by atoms with E-state index in [1.54, 1.807) is 12.3 Å². The van der Waals surface area contributed by atoms with Crippen LogP contribution in [0.3, 0.4) is 0 Å². The lowest BCUT2D eigenvalue weighted by molar-refractivity contribution is 0.332. The van der Waals surface area contributed by atoms with Crippen LogP contribution in [0.5, 0.6) is 0 Å². The molecule has 0 bridgehead atoms. The molecule has 9 heteroatoms. The highest BCUT2D eigenvalue weighted by atomic mass is 35.5. The summed E-state index contributed by atoms with van der Waals surface area (Å²) in [4.78, 5) is 13.2. The zero-order chi connectivity index (χ0) is 24.8. The number of allylic oxidation sites excluding steroid dienone is 1. The quantitative estimate of drug-likeness (QED) is 0.275. The van der Waals surface area contributed by atoms with E-state index in [1.165, 1.54) is 29.2 Å². The second-order valence-corrected chi connectivity index (χ2v) is 9.43. The van der Waals surface area contributed by atoms with Gasteiger partial charge in [0.05, 0.1) is 5.02 Å². The second-order valence-electron chi connectivity index (χ2n) is 8.28. The Morgan fingerprint density at radius 2 is 1.86 bits per heavy atom. The largest absolute Gasteiger partial charge is 0.378 e. The van der Waals surface area contributed by atoms with Crippen molar-refractivity contribution in [2.24, 2.45) is 0 Å². The number of benzene rings is 2. The van der Waals surface area contributed by atoms with Crippen LogP contribution in [0.25, 0.3) is 6.08 Å². The van der Waals surface area contributed by atoms with Crippen molar-refractivity contribution in [3.05, 3.63) is 100 Å². The molecule has 1 N–H and O–H groups in total. The lowest BCUT2D eigenvalue weighted by Crippen LogP contribution is -2.21. The number of aromatic nitrogens is 3. The standard InChI is InChI=1S/C26H26ClFN6S/c1-18(13-25-31-26(35-32-25)30-21-8-11-24(28)23(27)14-21)34(17-20-5-4-12-29-15-20)16-19-6-9-22(10-7-19)33(2)3/h4-15H,16-17H2,1-3H3,(H,30,31,32)/b18-13+. The molecule has 0 atom stereocenters. The van der Waals surface area contributed by atoms with Gasteiger partial charge in [-0.05, 0) is 54.4 Å². The zero-order valence-electron chi connectivity index (χ0n) is 19.7. The van der Waals surface area contributed by atoms with Crippen LogP contribution in [0.15, 0.2) is 72.7 Å². The number of hydrogen-bond acceptors (Lipinski definition) is 7. The van der Waals surface area contributed by atoms with Gasteiger partial charge in [0.25, 0.3) is 0 Å². The SMILES string of the molecule is C/C(=C\c1nsc(Nc2ccc(F)c(Cl)c2)n1)N(Cc1ccc(N(C)C)cc1)Cc1cccnc1. The average molecular weight is 509 g/mol. The number of anilines is 3. The lowest BCUT2D eigenvalue weighted by Gasteiger charge is -2.26. The normalized spacial score (nSPS) is 11.4. The minimum atomic E-state index is -0.459. The smallest absolute Gasteiger partial charge is 0.207 e. The predicted octanol–water partition coefficient (Wildman–Crippen LogP) is 6.60. The summed E-state index contributed by atoms with van der Waals surface area (Å²) >= 11 is 7.11. The molecule has 6 nitrogen and oxygen atoms in total. The molecule has 2 aromatic heterocycles. The van der Waals surface area contributed by atoms with Gasteiger partial charge in [-0.25, -0.2) is 4.39 Å². The van der Waals surface area contributed by atoms with Crippen molar-refractivity contribution >= 4 is 45.7 Å². The Bertz CT molecular complexity index is 1290. The molecular formula is C26H26ClFN6S. The molecule has 0 spiro atoms. The summed E-state index contributed by atoms with van der Waals surface area (Å²) in [5.74, 6) is 0.140. The Balaban J connectivity index is 1.53. The first kappa shape index (κ1) is 24.6. The minimum Gasteiger partial charge on any atom is -0.378 e. The van der Waals surface area contributed by atoms with Crippen molar-refractivity contribution in [2.45, 2.75) is 20.0 Å². The Hall–Kier alpha value is -3.49. The van der Waals surface area contributed by atoms with E-state index in [0.717, 1.165) is 23.5 Å². The Morgan fingerprint density at radius 3 is 2.54 bits per heavy atom. The fraction of sp³-hybridized carbons (Fsp3) is 0.192. The van der Waals surface area contributed by atoms with E-state index >= 15 is 0 Å². The highest BCUT2D eigenvalue weighted by Gasteiger charge is 2.11. The molecule has 4 rings (SSSR count). The van der Waals surface area contributed by atoms with Gasteiger partial charge >= 0.3 is 0 Å². The molecule has 0 aliphatic rings. The van der Waals surface area contributed by atoms with E-state index in [1.807, 2.05) is 32.4 Å². The maximum atomic E-state index is 13.4. The molecule has 35 heavy (non-hydrogen) atoms. The van der Waals surface area contributed by atoms with Gasteiger partial charge < -0.3 is 15.1 Å². The molecule has 0 saturated carbocycles. The number of rotatable bonds is 9. The van der Waals surface area contributed by atoms with E-state index in [0.29, 0.717) is 23.2 Å². The topological polar surface area (TPSA) is 57.2 Å². The van der Waals surface area contributed by atoms with E-state index in [4.69, 9.17) is 11.6 Å². The van der Waals surface area contributed by atoms with Gasteiger partial charge in [-0.3, -0.25) is 4.98 Å². The van der Waals surface area contributed by atoms with E-state index in [2.05, 4.69) is 66.7 Å². The van der Waals surface area contributed by atoms with Crippen LogP contribution in [-0.2, 0) is 13.1 Å². The summed E-state index contributed by atoms with van der Waals surface area (Å²) in [6, 6.07) is 17.0. The van der Waals surface area contributed by atoms with Crippen molar-refractivity contribution < 1.29 is 4.39 Å². The first-order valence-corrected chi connectivity index (χ1v) is 12.2. The summed E-state index contributed by atoms with van der Waals surface area (Å²) in [6.07, 6.45) is 5.62. The van der Waals surface area contributed by atoms with Gasteiger partial charge in [-0.1, -0.05) is 29.8 Å². The minimum absolute atomic E-state index is 0.0557. The highest BCUT2D eigenvalue weighted by molar-refractivity contribution is 7.09. The molecule has 4 aromatic rings. The third-order valence-corrected chi connectivity index (χ3v) is 6.31. The molecule has 0 radical (unpaired) electrons. The third kappa shape index (κ3) is 6.77. The van der Waals surface area contributed by atoms with Gasteiger partial charge in [-0.2, -0.15) is 9.36 Å². The number of nitrogens with zero attached hydrogens (tertiary/aromatic N) is 5. The fourth-order valence-corrected chi connectivity index (χ4v) is 4.21. The van der Waals surface area contributed by atoms with Crippen LogP contribution in [-0.4, -0.2) is 33.3 Å². The molecule has 0 aliphatic heterocycles. The van der Waals surface area contributed by atoms with Gasteiger partial charge in [0, 0.05) is 74.3 Å². The van der Waals surface area contributed by atoms with Crippen molar-refractivity contribution in [3.63, 3.8) is 0 Å². The van der Waals surface area contributed by atoms with Crippen molar-refractivity contribution in [1.82, 2.24) is 19.2 Å². The highest BCUT2D eigenvalue weighted by Crippen LogP contribution is 2.25. The fourth-order valence-electron chi connectivity index (χ4n) is 3.46. The Kier molecular flexibility index (Phi) is 7.94. The number of halogens is 2. The maximum absolute atomic E-state index is 13.4. The zero-order valence-corrected chi connectivity index (χ0v) is 21.3. The number of nitrogens with one attached hydrogen (secondary N) is 1. The van der Waals surface area contributed by atoms with Crippen LogP contribution in [0.2, 0.25) is 5.02 Å². The summed E-state index contributed by atoms with van der Waals surface area (Å²) < 4.78 is 17.9. The molecule has 0 unspecified atom stereocenters. The Morgan fingerprint density at radius 1 is 1.09 bits per heavy atom. The van der Waals surface area contributed by atoms with Gasteiger partial charge in [0.1, 0.15) is 5.82 Å². The van der Waals surface area contributed by atoms with E-state index < -0.39 is 5.82 Å². The lowest BCUT2D eigenvalue weighted by atomic mass is 10.1. The van der Waals surface area contributed by atoms with Crippen LogP contribution >= 0.6 is 23.1 Å². The number of pyridine rings is 1. The molecule has 0 saturated heterocycles. The summed E-state index contributed by atoms with van der Waals surface area (Å²) in [5.41, 5.74) is 5.16. The molecule has 180 valence electrons. The van der Waals surface area contributed by atoms with Gasteiger partial charge in [0.2, 0.25) is 5.13 Å². The Labute approximate surface area is 213 Å². The van der Waals surface area contributed by atoms with E-state index in [9.17, 15) is 4.39 Å². The first-order valence-electron chi connectivity index (χ1n) is 11.0. The summed E-state index contributed by atoms with van der Waals surface area (Å²) in [6.45, 7) is 3.49. The summed E-state index contributed by atoms with van der Waals surface area (Å²) in [5, 5.41) is 3.78. The third-order valence-electron chi connectivity index (χ3n) is 5.37. The molecule has 2 heterocycles. The van der Waals surface area contributed by atoms with Crippen LogP contribution in [0.1, 0.15) is 23.9 Å². The second kappa shape index (κ2) is 11.3. The molecule has 2 aromatic carbocycles. The van der Waals surface area contributed by atoms with Crippen LogP contribution < -0.4 is 10.2 Å². The van der Waals surface area contributed by atoms with Crippen LogP contribution in [0, 0.1) is 5.82 Å².